The van der Waals surface area contributed by atoms with Crippen LogP contribution >= 0.6 is 0 Å². The third kappa shape index (κ3) is 3.01. The van der Waals surface area contributed by atoms with E-state index in [0.29, 0.717) is 28.9 Å². The first kappa shape index (κ1) is 18.1. The van der Waals surface area contributed by atoms with Crippen molar-refractivity contribution >= 4 is 11.0 Å². The Labute approximate surface area is 162 Å². The number of rotatable bonds is 6. The molecular weight excluding hydrogens is 357 g/mol. The lowest BCUT2D eigenvalue weighted by Gasteiger charge is -2.13. The molecule has 0 aliphatic carbocycles. The van der Waals surface area contributed by atoms with Crippen molar-refractivity contribution in [3.05, 3.63) is 60.2 Å². The van der Waals surface area contributed by atoms with E-state index in [9.17, 15) is 14.6 Å². The van der Waals surface area contributed by atoms with Crippen molar-refractivity contribution in [3.8, 4) is 28.6 Å². The van der Waals surface area contributed by atoms with Crippen LogP contribution in [-0.4, -0.2) is 24.7 Å². The van der Waals surface area contributed by atoms with Gasteiger partial charge >= 0.3 is 0 Å². The van der Waals surface area contributed by atoms with Gasteiger partial charge in [-0.3, -0.25) is 4.57 Å². The van der Waals surface area contributed by atoms with Crippen LogP contribution in [-0.2, 0) is 6.42 Å². The molecule has 28 heavy (non-hydrogen) atoms. The van der Waals surface area contributed by atoms with E-state index in [1.165, 1.54) is 10.6 Å². The Morgan fingerprint density at radius 1 is 1.11 bits per heavy atom. The molecule has 4 aromatic rings. The molecule has 0 atom stereocenters. The van der Waals surface area contributed by atoms with Gasteiger partial charge in [0.1, 0.15) is 5.82 Å². The quantitative estimate of drug-likeness (QED) is 0.398. The summed E-state index contributed by atoms with van der Waals surface area (Å²) in [5, 5.41) is 21.4. The van der Waals surface area contributed by atoms with E-state index in [0.717, 1.165) is 30.3 Å². The summed E-state index contributed by atoms with van der Waals surface area (Å²) >= 11 is 0. The van der Waals surface area contributed by atoms with Gasteiger partial charge in [-0.15, -0.1) is 0 Å². The number of hydrogen-bond acceptors (Lipinski definition) is 3. The molecule has 0 unspecified atom stereocenters. The lowest BCUT2D eigenvalue weighted by molar-refractivity contribution is 0.384. The van der Waals surface area contributed by atoms with Crippen molar-refractivity contribution in [3.63, 3.8) is 0 Å². The Balaban J connectivity index is 1.96. The van der Waals surface area contributed by atoms with Gasteiger partial charge in [-0.2, -0.15) is 0 Å². The minimum absolute atomic E-state index is 0.195. The molecule has 0 bridgehead atoms. The van der Waals surface area contributed by atoms with Crippen LogP contribution in [0.4, 0.5) is 4.39 Å². The van der Waals surface area contributed by atoms with Crippen LogP contribution in [0.2, 0.25) is 0 Å². The summed E-state index contributed by atoms with van der Waals surface area (Å²) in [6.45, 7) is 2.10. The largest absolute Gasteiger partial charge is 0.503 e. The van der Waals surface area contributed by atoms with Gasteiger partial charge in [0.2, 0.25) is 5.88 Å². The number of H-pyrrole nitrogens is 1. The van der Waals surface area contributed by atoms with E-state index in [1.54, 1.807) is 30.6 Å². The Bertz CT molecular complexity index is 1130. The molecule has 5 nitrogen and oxygen atoms in total. The first-order valence-corrected chi connectivity index (χ1v) is 9.45. The normalized spacial score (nSPS) is 11.4. The molecule has 4 rings (SSSR count). The van der Waals surface area contributed by atoms with Crippen LogP contribution in [0.25, 0.3) is 28.0 Å². The summed E-state index contributed by atoms with van der Waals surface area (Å²) in [5.41, 5.74) is 3.56. The fraction of sp³-hybridized carbons (Fsp3) is 0.227. The molecule has 2 heterocycles. The number of halogens is 1. The minimum atomic E-state index is -0.402. The summed E-state index contributed by atoms with van der Waals surface area (Å²) in [6, 6.07) is 11.9. The number of aromatic hydroxyl groups is 2. The maximum atomic E-state index is 14.7. The summed E-state index contributed by atoms with van der Waals surface area (Å²) < 4.78 is 16.2. The number of benzene rings is 2. The van der Waals surface area contributed by atoms with Crippen molar-refractivity contribution in [2.45, 2.75) is 32.6 Å². The van der Waals surface area contributed by atoms with E-state index in [2.05, 4.69) is 16.9 Å². The number of nitrogens with zero attached hydrogens (tertiary/aromatic N) is 2. The Morgan fingerprint density at radius 3 is 2.71 bits per heavy atom. The summed E-state index contributed by atoms with van der Waals surface area (Å²) in [7, 11) is 0. The van der Waals surface area contributed by atoms with Crippen molar-refractivity contribution in [2.24, 2.45) is 0 Å². The monoisotopic (exact) mass is 379 g/mol. The van der Waals surface area contributed by atoms with E-state index >= 15 is 0 Å². The number of unbranched alkanes of at least 4 members (excludes halogenated alkanes) is 2. The average molecular weight is 379 g/mol. The number of aromatic nitrogens is 3. The van der Waals surface area contributed by atoms with E-state index < -0.39 is 5.82 Å². The fourth-order valence-electron chi connectivity index (χ4n) is 3.63. The van der Waals surface area contributed by atoms with Gasteiger partial charge in [-0.05, 0) is 43.2 Å². The molecule has 0 saturated heterocycles. The number of fused-ring (bicyclic) bond motifs is 1. The van der Waals surface area contributed by atoms with Gasteiger partial charge in [0.25, 0.3) is 0 Å². The van der Waals surface area contributed by atoms with Crippen LogP contribution in [0.1, 0.15) is 31.7 Å². The summed E-state index contributed by atoms with van der Waals surface area (Å²) in [6.07, 6.45) is 5.00. The van der Waals surface area contributed by atoms with Gasteiger partial charge < -0.3 is 15.2 Å². The smallest absolute Gasteiger partial charge is 0.240 e. The predicted molar refractivity (Wildman–Crippen MR) is 107 cm³/mol. The molecule has 2 aromatic carbocycles. The van der Waals surface area contributed by atoms with Gasteiger partial charge in [0.05, 0.1) is 28.7 Å². The fourth-order valence-corrected chi connectivity index (χ4v) is 3.63. The second kappa shape index (κ2) is 7.38. The van der Waals surface area contributed by atoms with Crippen LogP contribution in [0, 0.1) is 5.82 Å². The second-order valence-corrected chi connectivity index (χ2v) is 6.88. The zero-order valence-corrected chi connectivity index (χ0v) is 15.6. The molecule has 0 spiro atoms. The maximum Gasteiger partial charge on any atom is 0.240 e. The summed E-state index contributed by atoms with van der Waals surface area (Å²) in [4.78, 5) is 7.25. The van der Waals surface area contributed by atoms with Gasteiger partial charge in [-0.1, -0.05) is 31.9 Å². The topological polar surface area (TPSA) is 74.1 Å². The predicted octanol–water partition coefficient (Wildman–Crippen LogP) is 5.30. The highest BCUT2D eigenvalue weighted by Crippen LogP contribution is 2.44. The number of aromatic amines is 1. The van der Waals surface area contributed by atoms with Crippen LogP contribution < -0.4 is 0 Å². The van der Waals surface area contributed by atoms with Crippen molar-refractivity contribution in [2.75, 3.05) is 0 Å². The molecule has 6 heteroatoms. The van der Waals surface area contributed by atoms with Gasteiger partial charge in [0.15, 0.2) is 5.75 Å². The molecule has 0 radical (unpaired) electrons. The number of imidazole rings is 1. The Hall–Kier alpha value is -3.28. The van der Waals surface area contributed by atoms with Crippen LogP contribution in [0.15, 0.2) is 48.8 Å². The molecule has 3 N–H and O–H groups in total. The van der Waals surface area contributed by atoms with Crippen LogP contribution in [0.5, 0.6) is 11.6 Å². The third-order valence-electron chi connectivity index (χ3n) is 5.04. The lowest BCUT2D eigenvalue weighted by Crippen LogP contribution is -2.00. The number of hydrogen-bond donors (Lipinski definition) is 3. The molecule has 0 aliphatic rings. The molecule has 0 saturated carbocycles. The first-order chi connectivity index (χ1) is 13.6. The maximum absolute atomic E-state index is 14.7. The third-order valence-corrected chi connectivity index (χ3v) is 5.04. The highest BCUT2D eigenvalue weighted by Gasteiger charge is 2.26. The van der Waals surface area contributed by atoms with Crippen molar-refractivity contribution in [1.29, 1.82) is 0 Å². The molecular formula is C22H22FN3O2. The number of nitrogens with one attached hydrogen (secondary N) is 1. The van der Waals surface area contributed by atoms with Crippen LogP contribution in [0.3, 0.4) is 0 Å². The molecule has 2 aromatic heterocycles. The standard InChI is InChI=1S/C22H22FN3O2/c1-2-3-4-8-16-20(15-7-5-6-9-17(15)23)26(22(28)21(16)27)14-10-11-18-19(12-14)25-13-24-18/h5-7,9-13,27-28H,2-4,8H2,1H3,(H,24,25). The molecule has 0 amide bonds. The zero-order valence-electron chi connectivity index (χ0n) is 15.6. The van der Waals surface area contributed by atoms with Crippen molar-refractivity contribution < 1.29 is 14.6 Å². The van der Waals surface area contributed by atoms with Crippen molar-refractivity contribution in [1.82, 2.24) is 14.5 Å². The van der Waals surface area contributed by atoms with Gasteiger partial charge in [-0.25, -0.2) is 9.37 Å². The highest BCUT2D eigenvalue weighted by atomic mass is 19.1. The SMILES string of the molecule is CCCCCc1c(O)c(O)n(-c2ccc3nc[nH]c3c2)c1-c1ccccc1F. The Kier molecular flexibility index (Phi) is 4.77. The second-order valence-electron chi connectivity index (χ2n) is 6.88. The molecule has 144 valence electrons. The van der Waals surface area contributed by atoms with Gasteiger partial charge in [0, 0.05) is 11.1 Å². The van der Waals surface area contributed by atoms with E-state index in [-0.39, 0.29) is 11.6 Å². The first-order valence-electron chi connectivity index (χ1n) is 9.45. The van der Waals surface area contributed by atoms with E-state index in [1.807, 2.05) is 12.1 Å². The zero-order chi connectivity index (χ0) is 19.7. The molecule has 0 fully saturated rings. The lowest BCUT2D eigenvalue weighted by atomic mass is 10.0. The Morgan fingerprint density at radius 2 is 1.93 bits per heavy atom. The molecule has 0 aliphatic heterocycles. The average Bonchev–Trinajstić information content (AvgIpc) is 3.26. The minimum Gasteiger partial charge on any atom is -0.503 e. The van der Waals surface area contributed by atoms with E-state index in [4.69, 9.17) is 0 Å². The highest BCUT2D eigenvalue weighted by molar-refractivity contribution is 5.80. The summed E-state index contributed by atoms with van der Waals surface area (Å²) in [5.74, 6) is -0.886.